The number of hydrogen-bond acceptors (Lipinski definition) is 5. The summed E-state index contributed by atoms with van der Waals surface area (Å²) in [4.78, 5) is 11.1. The maximum absolute atomic E-state index is 12.6. The molecule has 0 aromatic heterocycles. The summed E-state index contributed by atoms with van der Waals surface area (Å²) in [6.07, 6.45) is 0.691. The van der Waals surface area contributed by atoms with Gasteiger partial charge >= 0.3 is 0 Å². The molecule has 0 spiro atoms. The number of nitrogens with one attached hydrogen (secondary N) is 1. The van der Waals surface area contributed by atoms with E-state index in [4.69, 9.17) is 10.5 Å². The van der Waals surface area contributed by atoms with Crippen LogP contribution in [-0.4, -0.2) is 74.9 Å². The number of hydrogen-bond donors (Lipinski definition) is 2. The Labute approximate surface area is 113 Å². The molecule has 2 heterocycles. The van der Waals surface area contributed by atoms with Crippen LogP contribution < -0.4 is 11.1 Å². The summed E-state index contributed by atoms with van der Waals surface area (Å²) in [5.74, 6) is -0.635. The number of ether oxygens (including phenoxy) is 1. The smallest absolute Gasteiger partial charge is 0.282 e. The molecule has 2 rings (SSSR count). The second kappa shape index (κ2) is 6.14. The summed E-state index contributed by atoms with van der Waals surface area (Å²) >= 11 is 0. The van der Waals surface area contributed by atoms with E-state index in [2.05, 4.69) is 5.32 Å². The largest absolute Gasteiger partial charge is 0.379 e. The summed E-state index contributed by atoms with van der Waals surface area (Å²) in [5, 5.41) is 3.10. The zero-order valence-electron chi connectivity index (χ0n) is 10.7. The van der Waals surface area contributed by atoms with Crippen molar-refractivity contribution in [3.05, 3.63) is 0 Å². The van der Waals surface area contributed by atoms with Gasteiger partial charge in [-0.3, -0.25) is 4.79 Å². The van der Waals surface area contributed by atoms with E-state index in [0.29, 0.717) is 39.3 Å². The maximum Gasteiger partial charge on any atom is 0.282 e. The molecule has 2 saturated heterocycles. The van der Waals surface area contributed by atoms with Gasteiger partial charge in [0.1, 0.15) is 0 Å². The topological polar surface area (TPSA) is 105 Å². The van der Waals surface area contributed by atoms with Crippen molar-refractivity contribution in [1.29, 1.82) is 0 Å². The van der Waals surface area contributed by atoms with Gasteiger partial charge in [0.25, 0.3) is 10.2 Å². The molecule has 0 aliphatic carbocycles. The fourth-order valence-electron chi connectivity index (χ4n) is 2.36. The fourth-order valence-corrected chi connectivity index (χ4v) is 4.12. The molecule has 0 bridgehead atoms. The van der Waals surface area contributed by atoms with Crippen LogP contribution >= 0.6 is 0 Å². The quantitative estimate of drug-likeness (QED) is 0.593. The second-order valence-electron chi connectivity index (χ2n) is 4.68. The molecule has 0 aromatic carbocycles. The van der Waals surface area contributed by atoms with Crippen LogP contribution in [0.1, 0.15) is 6.42 Å². The predicted molar refractivity (Wildman–Crippen MR) is 68.5 cm³/mol. The molecular weight excluding hydrogens is 272 g/mol. The number of carbonyl (C=O) groups excluding carboxylic acids is 1. The Bertz CT molecular complexity index is 415. The van der Waals surface area contributed by atoms with Crippen molar-refractivity contribution < 1.29 is 17.9 Å². The summed E-state index contributed by atoms with van der Waals surface area (Å²) in [5.41, 5.74) is 5.18. The third-order valence-electron chi connectivity index (χ3n) is 3.35. The maximum atomic E-state index is 12.6. The highest BCUT2D eigenvalue weighted by molar-refractivity contribution is 7.86. The number of nitrogens with two attached hydrogens (primary N) is 1. The minimum absolute atomic E-state index is 0.208. The first-order chi connectivity index (χ1) is 9.01. The molecule has 8 nitrogen and oxygen atoms in total. The average Bonchev–Trinajstić information content (AvgIpc) is 2.90. The van der Waals surface area contributed by atoms with Crippen LogP contribution in [0.4, 0.5) is 0 Å². The van der Waals surface area contributed by atoms with Crippen LogP contribution in [0.5, 0.6) is 0 Å². The van der Waals surface area contributed by atoms with Crippen molar-refractivity contribution in [2.45, 2.75) is 12.5 Å². The highest BCUT2D eigenvalue weighted by Crippen LogP contribution is 2.17. The predicted octanol–water partition coefficient (Wildman–Crippen LogP) is -2.29. The Morgan fingerprint density at radius 3 is 2.63 bits per heavy atom. The minimum atomic E-state index is -3.66. The molecule has 9 heteroatoms. The molecule has 1 amide bonds. The lowest BCUT2D eigenvalue weighted by Crippen LogP contribution is -2.54. The molecule has 1 atom stereocenters. The molecule has 1 unspecified atom stereocenters. The van der Waals surface area contributed by atoms with Gasteiger partial charge in [0.2, 0.25) is 5.91 Å². The molecular formula is C10H20N4O4S. The summed E-state index contributed by atoms with van der Waals surface area (Å²) in [6.45, 7) is 2.43. The zero-order chi connectivity index (χ0) is 13.9. The Kier molecular flexibility index (Phi) is 4.74. The molecule has 0 radical (unpaired) electrons. The lowest BCUT2D eigenvalue weighted by Gasteiger charge is -2.34. The molecule has 2 fully saturated rings. The molecule has 110 valence electrons. The van der Waals surface area contributed by atoms with Crippen molar-refractivity contribution in [1.82, 2.24) is 13.9 Å². The van der Waals surface area contributed by atoms with E-state index < -0.39 is 16.1 Å². The lowest BCUT2D eigenvalue weighted by atomic mass is 10.2. The average molecular weight is 292 g/mol. The van der Waals surface area contributed by atoms with Crippen molar-refractivity contribution >= 4 is 16.1 Å². The van der Waals surface area contributed by atoms with Gasteiger partial charge in [-0.1, -0.05) is 0 Å². The van der Waals surface area contributed by atoms with Gasteiger partial charge in [-0.2, -0.15) is 17.0 Å². The monoisotopic (exact) mass is 292 g/mol. The Balaban J connectivity index is 2.17. The third-order valence-corrected chi connectivity index (χ3v) is 5.38. The van der Waals surface area contributed by atoms with Gasteiger partial charge in [-0.25, -0.2) is 0 Å². The summed E-state index contributed by atoms with van der Waals surface area (Å²) < 4.78 is 32.9. The Hall–Kier alpha value is -0.740. The Morgan fingerprint density at radius 2 is 2.11 bits per heavy atom. The zero-order valence-corrected chi connectivity index (χ0v) is 11.6. The second-order valence-corrected chi connectivity index (χ2v) is 6.56. The van der Waals surface area contributed by atoms with Crippen LogP contribution in [-0.2, 0) is 19.7 Å². The first-order valence-corrected chi connectivity index (χ1v) is 7.75. The van der Waals surface area contributed by atoms with Gasteiger partial charge in [0, 0.05) is 25.7 Å². The van der Waals surface area contributed by atoms with Gasteiger partial charge in [0.15, 0.2) is 0 Å². The normalized spacial score (nSPS) is 25.8. The lowest BCUT2D eigenvalue weighted by molar-refractivity contribution is -0.118. The van der Waals surface area contributed by atoms with E-state index in [9.17, 15) is 13.2 Å². The van der Waals surface area contributed by atoms with Crippen LogP contribution in [0, 0.1) is 0 Å². The van der Waals surface area contributed by atoms with Crippen LogP contribution in [0.25, 0.3) is 0 Å². The molecule has 2 aliphatic heterocycles. The van der Waals surface area contributed by atoms with E-state index in [0.717, 1.165) is 6.54 Å². The number of primary amides is 1. The van der Waals surface area contributed by atoms with Gasteiger partial charge in [-0.05, 0) is 13.0 Å². The van der Waals surface area contributed by atoms with E-state index in [1.54, 1.807) is 0 Å². The minimum Gasteiger partial charge on any atom is -0.379 e. The number of nitrogens with zero attached hydrogens (tertiary/aromatic N) is 2. The molecule has 0 saturated carbocycles. The van der Waals surface area contributed by atoms with Gasteiger partial charge in [-0.15, -0.1) is 0 Å². The Morgan fingerprint density at radius 1 is 1.42 bits per heavy atom. The molecule has 2 aliphatic rings. The van der Waals surface area contributed by atoms with Crippen molar-refractivity contribution in [2.75, 3.05) is 45.9 Å². The highest BCUT2D eigenvalue weighted by atomic mass is 32.2. The molecule has 3 N–H and O–H groups in total. The first-order valence-electron chi connectivity index (χ1n) is 6.35. The number of amides is 1. The van der Waals surface area contributed by atoms with E-state index in [1.165, 1.54) is 8.61 Å². The standard InChI is InChI=1S/C10H20N4O4S/c11-10(15)8-14(9-1-2-12-7-9)19(16,17)13-3-5-18-6-4-13/h9,12H,1-8H2,(H2,11,15). The van der Waals surface area contributed by atoms with Gasteiger partial charge < -0.3 is 15.8 Å². The number of rotatable bonds is 5. The SMILES string of the molecule is NC(=O)CN(C1CCNC1)S(=O)(=O)N1CCOCC1. The van der Waals surface area contributed by atoms with Gasteiger partial charge in [0.05, 0.1) is 19.8 Å². The molecule has 19 heavy (non-hydrogen) atoms. The third kappa shape index (κ3) is 3.42. The van der Waals surface area contributed by atoms with E-state index in [1.807, 2.05) is 0 Å². The van der Waals surface area contributed by atoms with Crippen LogP contribution in [0.15, 0.2) is 0 Å². The van der Waals surface area contributed by atoms with E-state index in [-0.39, 0.29) is 12.6 Å². The fraction of sp³-hybridized carbons (Fsp3) is 0.900. The van der Waals surface area contributed by atoms with E-state index >= 15 is 0 Å². The number of carbonyl (C=O) groups is 1. The molecule has 0 aromatic rings. The van der Waals surface area contributed by atoms with Crippen LogP contribution in [0.3, 0.4) is 0 Å². The van der Waals surface area contributed by atoms with Crippen LogP contribution in [0.2, 0.25) is 0 Å². The number of morpholine rings is 1. The summed E-state index contributed by atoms with van der Waals surface area (Å²) in [6, 6.07) is -0.208. The highest BCUT2D eigenvalue weighted by Gasteiger charge is 2.37. The van der Waals surface area contributed by atoms with Crippen molar-refractivity contribution in [2.24, 2.45) is 5.73 Å². The first kappa shape index (κ1) is 14.7. The van der Waals surface area contributed by atoms with Crippen molar-refractivity contribution in [3.8, 4) is 0 Å². The van der Waals surface area contributed by atoms with Crippen molar-refractivity contribution in [3.63, 3.8) is 0 Å². The summed E-state index contributed by atoms with van der Waals surface area (Å²) in [7, 11) is -3.66.